The highest BCUT2D eigenvalue weighted by molar-refractivity contribution is 5.77. The highest BCUT2D eigenvalue weighted by atomic mass is 19.1. The normalized spacial score (nSPS) is 18.5. The minimum Gasteiger partial charge on any atom is -0.328 e. The molecule has 5 nitrogen and oxygen atoms in total. The van der Waals surface area contributed by atoms with E-state index in [1.54, 1.807) is 24.4 Å². The summed E-state index contributed by atoms with van der Waals surface area (Å²) in [6, 6.07) is 10.6. The van der Waals surface area contributed by atoms with Gasteiger partial charge in [0, 0.05) is 19.0 Å². The molecule has 0 amide bonds. The van der Waals surface area contributed by atoms with E-state index in [2.05, 4.69) is 9.97 Å². The molecule has 2 aromatic carbocycles. The molecule has 1 aliphatic rings. The van der Waals surface area contributed by atoms with Gasteiger partial charge in [-0.1, -0.05) is 24.3 Å². The molecule has 0 radical (unpaired) electrons. The van der Waals surface area contributed by atoms with E-state index < -0.39 is 11.6 Å². The van der Waals surface area contributed by atoms with E-state index in [1.165, 1.54) is 24.3 Å². The molecule has 1 saturated carbocycles. The Bertz CT molecular complexity index is 1290. The summed E-state index contributed by atoms with van der Waals surface area (Å²) in [7, 11) is 0. The fourth-order valence-electron chi connectivity index (χ4n) is 4.73. The number of halogens is 3. The summed E-state index contributed by atoms with van der Waals surface area (Å²) in [5.41, 5.74) is 7.50. The molecule has 1 aliphatic carbocycles. The highest BCUT2D eigenvalue weighted by Crippen LogP contribution is 2.32. The first kappa shape index (κ1) is 22.5. The van der Waals surface area contributed by atoms with Crippen molar-refractivity contribution in [1.29, 1.82) is 0 Å². The molecular formula is C26H26F3N5. The molecular weight excluding hydrogens is 439 g/mol. The molecule has 2 N–H and O–H groups in total. The Kier molecular flexibility index (Phi) is 6.32. The van der Waals surface area contributed by atoms with Gasteiger partial charge in [-0.2, -0.15) is 0 Å². The van der Waals surface area contributed by atoms with E-state index >= 15 is 0 Å². The lowest BCUT2D eigenvalue weighted by Gasteiger charge is -2.27. The van der Waals surface area contributed by atoms with Gasteiger partial charge in [-0.05, 0) is 61.8 Å². The molecule has 0 atom stereocenters. The third-order valence-electron chi connectivity index (χ3n) is 6.63. The van der Waals surface area contributed by atoms with Gasteiger partial charge in [0.25, 0.3) is 0 Å². The molecule has 1 fully saturated rings. The van der Waals surface area contributed by atoms with Gasteiger partial charge in [0.2, 0.25) is 0 Å². The Morgan fingerprint density at radius 2 is 1.56 bits per heavy atom. The van der Waals surface area contributed by atoms with E-state index in [0.29, 0.717) is 47.9 Å². The lowest BCUT2D eigenvalue weighted by atomic mass is 9.86. The van der Waals surface area contributed by atoms with Crippen LogP contribution < -0.4 is 5.73 Å². The predicted octanol–water partition coefficient (Wildman–Crippen LogP) is 5.21. The zero-order valence-corrected chi connectivity index (χ0v) is 18.7. The molecule has 2 heterocycles. The SMILES string of the molecule is NC1CCC(Cn2c(-c3c(F)cccc3F)nc3cnc(CCc4ccccc4F)nc32)CC1. The van der Waals surface area contributed by atoms with Crippen LogP contribution in [0.25, 0.3) is 22.6 Å². The standard InChI is InChI=1S/C26H26F3N5/c27-19-5-2-1-4-17(19)10-13-23-31-14-22-25(33-23)34(15-16-8-11-18(30)12-9-16)26(32-22)24-20(28)6-3-7-21(24)29/h1-7,14,16,18H,8-13,15,30H2. The number of aromatic nitrogens is 4. The number of nitrogens with two attached hydrogens (primary N) is 1. The zero-order valence-electron chi connectivity index (χ0n) is 18.7. The van der Waals surface area contributed by atoms with Crippen molar-refractivity contribution >= 4 is 11.2 Å². The maximum absolute atomic E-state index is 14.7. The number of aryl methyl sites for hydroxylation is 2. The van der Waals surface area contributed by atoms with Gasteiger partial charge in [0.05, 0.1) is 11.8 Å². The molecule has 0 unspecified atom stereocenters. The van der Waals surface area contributed by atoms with Gasteiger partial charge in [0.1, 0.15) is 34.6 Å². The molecule has 176 valence electrons. The van der Waals surface area contributed by atoms with E-state index in [9.17, 15) is 13.2 Å². The lowest BCUT2D eigenvalue weighted by Crippen LogP contribution is -2.28. The summed E-state index contributed by atoms with van der Waals surface area (Å²) in [6.45, 7) is 0.538. The second-order valence-electron chi connectivity index (χ2n) is 9.01. The first-order valence-electron chi connectivity index (χ1n) is 11.6. The lowest BCUT2D eigenvalue weighted by molar-refractivity contribution is 0.297. The largest absolute Gasteiger partial charge is 0.328 e. The monoisotopic (exact) mass is 465 g/mol. The fraction of sp³-hybridized carbons (Fsp3) is 0.346. The molecule has 8 heteroatoms. The number of fused-ring (bicyclic) bond motifs is 1. The van der Waals surface area contributed by atoms with Crippen LogP contribution in [0.1, 0.15) is 37.1 Å². The van der Waals surface area contributed by atoms with Crippen LogP contribution in [0.2, 0.25) is 0 Å². The number of nitrogens with zero attached hydrogens (tertiary/aromatic N) is 4. The first-order chi connectivity index (χ1) is 16.5. The third-order valence-corrected chi connectivity index (χ3v) is 6.63. The minimum absolute atomic E-state index is 0.166. The van der Waals surface area contributed by atoms with Crippen molar-refractivity contribution in [3.63, 3.8) is 0 Å². The van der Waals surface area contributed by atoms with Crippen molar-refractivity contribution in [2.45, 2.75) is 51.1 Å². The van der Waals surface area contributed by atoms with Crippen LogP contribution in [0, 0.1) is 23.4 Å². The Labute approximate surface area is 195 Å². The van der Waals surface area contributed by atoms with Crippen molar-refractivity contribution in [2.75, 3.05) is 0 Å². The molecule has 5 rings (SSSR count). The highest BCUT2D eigenvalue weighted by Gasteiger charge is 2.25. The van der Waals surface area contributed by atoms with Gasteiger partial charge >= 0.3 is 0 Å². The molecule has 34 heavy (non-hydrogen) atoms. The smallest absolute Gasteiger partial charge is 0.164 e. The summed E-state index contributed by atoms with van der Waals surface area (Å²) in [6.07, 6.45) is 6.17. The molecule has 4 aromatic rings. The van der Waals surface area contributed by atoms with Crippen LogP contribution in [0.3, 0.4) is 0 Å². The van der Waals surface area contributed by atoms with Gasteiger partial charge in [-0.15, -0.1) is 0 Å². The average molecular weight is 466 g/mol. The summed E-state index contributed by atoms with van der Waals surface area (Å²) < 4.78 is 45.3. The molecule has 0 spiro atoms. The number of hydrogen-bond acceptors (Lipinski definition) is 4. The quantitative estimate of drug-likeness (QED) is 0.424. The second-order valence-corrected chi connectivity index (χ2v) is 9.01. The topological polar surface area (TPSA) is 69.6 Å². The maximum Gasteiger partial charge on any atom is 0.164 e. The number of benzene rings is 2. The van der Waals surface area contributed by atoms with Crippen molar-refractivity contribution in [3.05, 3.63) is 77.5 Å². The summed E-state index contributed by atoms with van der Waals surface area (Å²) >= 11 is 0. The van der Waals surface area contributed by atoms with E-state index in [4.69, 9.17) is 10.7 Å². The number of hydrogen-bond donors (Lipinski definition) is 1. The first-order valence-corrected chi connectivity index (χ1v) is 11.6. The van der Waals surface area contributed by atoms with Crippen LogP contribution in [0.5, 0.6) is 0 Å². The minimum atomic E-state index is -0.671. The van der Waals surface area contributed by atoms with Gasteiger partial charge in [-0.3, -0.25) is 0 Å². The predicted molar refractivity (Wildman–Crippen MR) is 124 cm³/mol. The van der Waals surface area contributed by atoms with Crippen molar-refractivity contribution in [1.82, 2.24) is 19.5 Å². The van der Waals surface area contributed by atoms with Crippen molar-refractivity contribution in [3.8, 4) is 11.4 Å². The number of imidazole rings is 1. The van der Waals surface area contributed by atoms with Crippen LogP contribution in [0.15, 0.2) is 48.7 Å². The van der Waals surface area contributed by atoms with E-state index in [1.807, 2.05) is 4.57 Å². The summed E-state index contributed by atoms with van der Waals surface area (Å²) in [5.74, 6) is -0.557. The molecule has 0 saturated heterocycles. The van der Waals surface area contributed by atoms with Crippen LogP contribution in [-0.4, -0.2) is 25.6 Å². The Balaban J connectivity index is 1.53. The van der Waals surface area contributed by atoms with Crippen molar-refractivity contribution < 1.29 is 13.2 Å². The van der Waals surface area contributed by atoms with Crippen LogP contribution in [0.4, 0.5) is 13.2 Å². The van der Waals surface area contributed by atoms with Gasteiger partial charge in [0.15, 0.2) is 5.65 Å². The second kappa shape index (κ2) is 9.54. The number of rotatable bonds is 6. The molecule has 0 bridgehead atoms. The van der Waals surface area contributed by atoms with E-state index in [0.717, 1.165) is 25.7 Å². The summed E-state index contributed by atoms with van der Waals surface area (Å²) in [5, 5.41) is 0. The Morgan fingerprint density at radius 1 is 0.853 bits per heavy atom. The van der Waals surface area contributed by atoms with Gasteiger partial charge in [-0.25, -0.2) is 28.1 Å². The molecule has 0 aliphatic heterocycles. The molecule has 2 aromatic heterocycles. The Hall–Kier alpha value is -3.26. The maximum atomic E-state index is 14.7. The fourth-order valence-corrected chi connectivity index (χ4v) is 4.73. The third kappa shape index (κ3) is 4.55. The Morgan fingerprint density at radius 3 is 2.29 bits per heavy atom. The van der Waals surface area contributed by atoms with Crippen LogP contribution >= 0.6 is 0 Å². The van der Waals surface area contributed by atoms with Crippen LogP contribution in [-0.2, 0) is 19.4 Å². The average Bonchev–Trinajstić information content (AvgIpc) is 3.17. The summed E-state index contributed by atoms with van der Waals surface area (Å²) in [4.78, 5) is 13.6. The van der Waals surface area contributed by atoms with Gasteiger partial charge < -0.3 is 10.3 Å². The zero-order chi connectivity index (χ0) is 23.7. The van der Waals surface area contributed by atoms with E-state index in [-0.39, 0.29) is 23.2 Å². The van der Waals surface area contributed by atoms with Crippen molar-refractivity contribution in [2.24, 2.45) is 11.7 Å².